The quantitative estimate of drug-likeness (QED) is 0.841. The highest BCUT2D eigenvalue weighted by Gasteiger charge is 2.24. The molecule has 3 rings (SSSR count). The first-order valence-electron chi connectivity index (χ1n) is 8.39. The second-order valence-corrected chi connectivity index (χ2v) is 6.33. The molecule has 2 aromatic rings. The first kappa shape index (κ1) is 16.1. The van der Waals surface area contributed by atoms with Gasteiger partial charge in [0.1, 0.15) is 5.82 Å². The average Bonchev–Trinajstić information content (AvgIpc) is 2.99. The Morgan fingerprint density at radius 2 is 2.00 bits per heavy atom. The fourth-order valence-corrected chi connectivity index (χ4v) is 3.14. The highest BCUT2D eigenvalue weighted by atomic mass is 15.3. The lowest BCUT2D eigenvalue weighted by Crippen LogP contribution is -2.51. The van der Waals surface area contributed by atoms with E-state index in [-0.39, 0.29) is 0 Å². The van der Waals surface area contributed by atoms with Crippen molar-refractivity contribution in [2.24, 2.45) is 0 Å². The van der Waals surface area contributed by atoms with E-state index < -0.39 is 0 Å². The predicted octanol–water partition coefficient (Wildman–Crippen LogP) is 1.71. The van der Waals surface area contributed by atoms with Gasteiger partial charge in [-0.05, 0) is 20.8 Å². The summed E-state index contributed by atoms with van der Waals surface area (Å²) < 4.78 is 2.22. The van der Waals surface area contributed by atoms with Crippen LogP contribution in [-0.4, -0.2) is 55.0 Å². The molecule has 0 N–H and O–H groups in total. The Morgan fingerprint density at radius 3 is 2.70 bits per heavy atom. The van der Waals surface area contributed by atoms with E-state index in [1.165, 1.54) is 0 Å². The zero-order chi connectivity index (χ0) is 16.2. The molecule has 1 fully saturated rings. The fourth-order valence-electron chi connectivity index (χ4n) is 3.14. The number of rotatable bonds is 5. The van der Waals surface area contributed by atoms with Crippen molar-refractivity contribution in [3.63, 3.8) is 0 Å². The van der Waals surface area contributed by atoms with Crippen LogP contribution in [0.1, 0.15) is 31.1 Å². The van der Waals surface area contributed by atoms with Crippen molar-refractivity contribution in [3.05, 3.63) is 42.0 Å². The SMILES string of the molecule is CCn1ccnc1CN1CCN(Cc2cnc(C)cn2)C[C@H]1C. The summed E-state index contributed by atoms with van der Waals surface area (Å²) in [5, 5.41) is 0. The molecule has 1 aliphatic heterocycles. The number of aromatic nitrogens is 4. The first-order valence-corrected chi connectivity index (χ1v) is 8.39. The second kappa shape index (κ2) is 7.19. The summed E-state index contributed by atoms with van der Waals surface area (Å²) in [4.78, 5) is 18.3. The number of piperazine rings is 1. The van der Waals surface area contributed by atoms with Crippen LogP contribution in [-0.2, 0) is 19.6 Å². The van der Waals surface area contributed by atoms with Crippen molar-refractivity contribution in [2.45, 2.75) is 46.4 Å². The lowest BCUT2D eigenvalue weighted by molar-refractivity contribution is 0.0697. The van der Waals surface area contributed by atoms with Crippen LogP contribution in [0.3, 0.4) is 0 Å². The molecule has 124 valence electrons. The summed E-state index contributed by atoms with van der Waals surface area (Å²) in [7, 11) is 0. The average molecular weight is 314 g/mol. The molecule has 0 bridgehead atoms. The van der Waals surface area contributed by atoms with Gasteiger partial charge in [-0.3, -0.25) is 19.8 Å². The Hall–Kier alpha value is -1.79. The zero-order valence-electron chi connectivity index (χ0n) is 14.3. The smallest absolute Gasteiger partial charge is 0.122 e. The summed E-state index contributed by atoms with van der Waals surface area (Å²) in [6.45, 7) is 12.4. The van der Waals surface area contributed by atoms with Crippen LogP contribution >= 0.6 is 0 Å². The Balaban J connectivity index is 1.55. The summed E-state index contributed by atoms with van der Waals surface area (Å²) in [5.41, 5.74) is 2.02. The highest BCUT2D eigenvalue weighted by molar-refractivity contribution is 5.01. The molecule has 23 heavy (non-hydrogen) atoms. The van der Waals surface area contributed by atoms with Crippen molar-refractivity contribution in [1.29, 1.82) is 0 Å². The van der Waals surface area contributed by atoms with Crippen LogP contribution in [0.25, 0.3) is 0 Å². The summed E-state index contributed by atoms with van der Waals surface area (Å²) in [6.07, 6.45) is 7.70. The second-order valence-electron chi connectivity index (χ2n) is 6.33. The number of hydrogen-bond acceptors (Lipinski definition) is 5. The van der Waals surface area contributed by atoms with E-state index in [0.717, 1.165) is 56.5 Å². The normalized spacial score (nSPS) is 20.0. The van der Waals surface area contributed by atoms with E-state index in [9.17, 15) is 0 Å². The number of hydrogen-bond donors (Lipinski definition) is 0. The Bertz CT molecular complexity index is 620. The Morgan fingerprint density at radius 1 is 1.13 bits per heavy atom. The molecule has 1 atom stereocenters. The standard InChI is InChI=1S/C17H26N6/c1-4-22-6-5-18-17(22)13-23-8-7-21(11-15(23)3)12-16-10-19-14(2)9-20-16/h5-6,9-10,15H,4,7-8,11-13H2,1-3H3/t15-/m1/s1. The van der Waals surface area contributed by atoms with Gasteiger partial charge in [-0.15, -0.1) is 0 Å². The van der Waals surface area contributed by atoms with E-state index in [1.807, 2.05) is 25.5 Å². The molecule has 0 aromatic carbocycles. The molecule has 0 amide bonds. The van der Waals surface area contributed by atoms with E-state index in [1.54, 1.807) is 0 Å². The maximum absolute atomic E-state index is 4.50. The minimum Gasteiger partial charge on any atom is -0.334 e. The van der Waals surface area contributed by atoms with Gasteiger partial charge < -0.3 is 4.57 Å². The summed E-state index contributed by atoms with van der Waals surface area (Å²) in [6, 6.07) is 0.518. The maximum atomic E-state index is 4.50. The number of imidazole rings is 1. The van der Waals surface area contributed by atoms with E-state index in [2.05, 4.69) is 49.4 Å². The molecular weight excluding hydrogens is 288 g/mol. The summed E-state index contributed by atoms with van der Waals surface area (Å²) in [5.74, 6) is 1.16. The lowest BCUT2D eigenvalue weighted by atomic mass is 10.2. The highest BCUT2D eigenvalue weighted by Crippen LogP contribution is 2.15. The van der Waals surface area contributed by atoms with Crippen LogP contribution in [0, 0.1) is 6.92 Å². The summed E-state index contributed by atoms with van der Waals surface area (Å²) >= 11 is 0. The zero-order valence-corrected chi connectivity index (χ0v) is 14.3. The van der Waals surface area contributed by atoms with E-state index in [4.69, 9.17) is 0 Å². The Labute approximate surface area is 138 Å². The molecule has 0 aliphatic carbocycles. The topological polar surface area (TPSA) is 50.1 Å². The lowest BCUT2D eigenvalue weighted by Gasteiger charge is -2.39. The van der Waals surface area contributed by atoms with Gasteiger partial charge in [-0.1, -0.05) is 0 Å². The van der Waals surface area contributed by atoms with Gasteiger partial charge in [-0.2, -0.15) is 0 Å². The third kappa shape index (κ3) is 3.95. The minimum atomic E-state index is 0.518. The van der Waals surface area contributed by atoms with Crippen molar-refractivity contribution in [3.8, 4) is 0 Å². The molecule has 3 heterocycles. The fraction of sp³-hybridized carbons (Fsp3) is 0.588. The number of aryl methyl sites for hydroxylation is 2. The molecule has 1 saturated heterocycles. The van der Waals surface area contributed by atoms with Crippen LogP contribution < -0.4 is 0 Å². The monoisotopic (exact) mass is 314 g/mol. The van der Waals surface area contributed by atoms with Crippen LogP contribution in [0.2, 0.25) is 0 Å². The Kier molecular flexibility index (Phi) is 5.03. The van der Waals surface area contributed by atoms with Gasteiger partial charge in [0.25, 0.3) is 0 Å². The molecule has 0 saturated carbocycles. The molecular formula is C17H26N6. The predicted molar refractivity (Wildman–Crippen MR) is 89.8 cm³/mol. The number of nitrogens with zero attached hydrogens (tertiary/aromatic N) is 6. The van der Waals surface area contributed by atoms with Gasteiger partial charge >= 0.3 is 0 Å². The van der Waals surface area contributed by atoms with Crippen molar-refractivity contribution < 1.29 is 0 Å². The van der Waals surface area contributed by atoms with Gasteiger partial charge in [0.2, 0.25) is 0 Å². The van der Waals surface area contributed by atoms with Crippen molar-refractivity contribution in [1.82, 2.24) is 29.3 Å². The van der Waals surface area contributed by atoms with Crippen LogP contribution in [0.4, 0.5) is 0 Å². The van der Waals surface area contributed by atoms with Crippen molar-refractivity contribution >= 4 is 0 Å². The third-order valence-corrected chi connectivity index (χ3v) is 4.56. The molecule has 0 spiro atoms. The van der Waals surface area contributed by atoms with Gasteiger partial charge in [0, 0.05) is 63.6 Å². The molecule has 2 aromatic heterocycles. The van der Waals surface area contributed by atoms with Crippen molar-refractivity contribution in [2.75, 3.05) is 19.6 Å². The van der Waals surface area contributed by atoms with Gasteiger partial charge in [0.15, 0.2) is 0 Å². The van der Waals surface area contributed by atoms with Crippen LogP contribution in [0.15, 0.2) is 24.8 Å². The first-order chi connectivity index (χ1) is 11.2. The molecule has 1 aliphatic rings. The van der Waals surface area contributed by atoms with Gasteiger partial charge in [0.05, 0.1) is 17.9 Å². The molecule has 6 heteroatoms. The van der Waals surface area contributed by atoms with E-state index >= 15 is 0 Å². The molecule has 0 unspecified atom stereocenters. The molecule has 6 nitrogen and oxygen atoms in total. The van der Waals surface area contributed by atoms with E-state index in [0.29, 0.717) is 6.04 Å². The maximum Gasteiger partial charge on any atom is 0.122 e. The molecule has 0 radical (unpaired) electrons. The van der Waals surface area contributed by atoms with Gasteiger partial charge in [-0.25, -0.2) is 4.98 Å². The largest absolute Gasteiger partial charge is 0.334 e. The van der Waals surface area contributed by atoms with Crippen LogP contribution in [0.5, 0.6) is 0 Å². The minimum absolute atomic E-state index is 0.518. The third-order valence-electron chi connectivity index (χ3n) is 4.56.